The average Bonchev–Trinajstić information content (AvgIpc) is 2.31. The van der Waals surface area contributed by atoms with Gasteiger partial charge in [0.1, 0.15) is 5.75 Å². The van der Waals surface area contributed by atoms with Crippen molar-refractivity contribution < 1.29 is 4.74 Å². The van der Waals surface area contributed by atoms with E-state index in [0.29, 0.717) is 13.2 Å². The molecule has 106 valence electrons. The zero-order valence-corrected chi connectivity index (χ0v) is 12.9. The highest BCUT2D eigenvalue weighted by atomic mass is 16.5. The van der Waals surface area contributed by atoms with E-state index in [-0.39, 0.29) is 0 Å². The van der Waals surface area contributed by atoms with Gasteiger partial charge in [0, 0.05) is 33.8 Å². The molecular weight excluding hydrogens is 238 g/mol. The van der Waals surface area contributed by atoms with E-state index >= 15 is 0 Å². The van der Waals surface area contributed by atoms with Crippen molar-refractivity contribution in [3.8, 4) is 5.75 Å². The fourth-order valence-corrected chi connectivity index (χ4v) is 1.92. The lowest BCUT2D eigenvalue weighted by atomic mass is 10.1. The minimum absolute atomic E-state index is 0.626. The normalized spacial score (nSPS) is 10.0. The number of aryl methyl sites for hydroxylation is 1. The SMILES string of the molecule is CCOc1cc(C)ccc1CN=C(N(C)C)N(C)C. The first-order valence-electron chi connectivity index (χ1n) is 6.57. The number of ether oxygens (including phenoxy) is 1. The van der Waals surface area contributed by atoms with Gasteiger partial charge in [0.2, 0.25) is 0 Å². The molecule has 0 aliphatic heterocycles. The van der Waals surface area contributed by atoms with Crippen LogP contribution in [0, 0.1) is 6.92 Å². The van der Waals surface area contributed by atoms with E-state index in [1.165, 1.54) is 5.56 Å². The number of benzene rings is 1. The summed E-state index contributed by atoms with van der Waals surface area (Å²) in [5, 5.41) is 0. The third-order valence-corrected chi connectivity index (χ3v) is 2.71. The van der Waals surface area contributed by atoms with Gasteiger partial charge in [-0.15, -0.1) is 0 Å². The van der Waals surface area contributed by atoms with Crippen LogP contribution in [0.4, 0.5) is 0 Å². The molecule has 0 saturated heterocycles. The molecule has 0 heterocycles. The molecule has 0 radical (unpaired) electrons. The zero-order valence-electron chi connectivity index (χ0n) is 12.9. The summed E-state index contributed by atoms with van der Waals surface area (Å²) in [6.45, 7) is 5.37. The van der Waals surface area contributed by atoms with Crippen LogP contribution in [0.15, 0.2) is 23.2 Å². The first kappa shape index (κ1) is 15.3. The summed E-state index contributed by atoms with van der Waals surface area (Å²) in [6.07, 6.45) is 0. The summed E-state index contributed by atoms with van der Waals surface area (Å²) in [7, 11) is 7.99. The third-order valence-electron chi connectivity index (χ3n) is 2.71. The predicted molar refractivity (Wildman–Crippen MR) is 80.9 cm³/mol. The first-order chi connectivity index (χ1) is 8.95. The maximum atomic E-state index is 5.67. The highest BCUT2D eigenvalue weighted by molar-refractivity contribution is 5.79. The molecule has 19 heavy (non-hydrogen) atoms. The van der Waals surface area contributed by atoms with Crippen molar-refractivity contribution in [1.82, 2.24) is 9.80 Å². The van der Waals surface area contributed by atoms with Crippen LogP contribution >= 0.6 is 0 Å². The topological polar surface area (TPSA) is 28.1 Å². The number of hydrogen-bond donors (Lipinski definition) is 0. The maximum Gasteiger partial charge on any atom is 0.195 e. The monoisotopic (exact) mass is 263 g/mol. The molecule has 0 bridgehead atoms. The first-order valence-corrected chi connectivity index (χ1v) is 6.57. The molecule has 4 nitrogen and oxygen atoms in total. The summed E-state index contributed by atoms with van der Waals surface area (Å²) < 4.78 is 5.67. The lowest BCUT2D eigenvalue weighted by molar-refractivity contribution is 0.336. The Morgan fingerprint density at radius 2 is 1.79 bits per heavy atom. The second-order valence-corrected chi connectivity index (χ2v) is 4.95. The minimum Gasteiger partial charge on any atom is -0.494 e. The minimum atomic E-state index is 0.626. The van der Waals surface area contributed by atoms with Crippen LogP contribution in [0.3, 0.4) is 0 Å². The number of rotatable bonds is 4. The standard InChI is InChI=1S/C15H25N3O/c1-7-19-14-10-12(2)8-9-13(14)11-16-15(17(3)4)18(5)6/h8-10H,7,11H2,1-6H3. The molecule has 1 aromatic carbocycles. The van der Waals surface area contributed by atoms with Crippen molar-refractivity contribution in [3.63, 3.8) is 0 Å². The third kappa shape index (κ3) is 4.47. The van der Waals surface area contributed by atoms with Gasteiger partial charge in [-0.2, -0.15) is 0 Å². The molecule has 0 amide bonds. The van der Waals surface area contributed by atoms with Crippen LogP contribution in [0.5, 0.6) is 5.75 Å². The van der Waals surface area contributed by atoms with Gasteiger partial charge in [0.15, 0.2) is 5.96 Å². The zero-order chi connectivity index (χ0) is 14.4. The van der Waals surface area contributed by atoms with Gasteiger partial charge in [0.05, 0.1) is 13.2 Å². The maximum absolute atomic E-state index is 5.67. The highest BCUT2D eigenvalue weighted by Crippen LogP contribution is 2.21. The molecule has 0 saturated carbocycles. The van der Waals surface area contributed by atoms with Gasteiger partial charge in [-0.1, -0.05) is 12.1 Å². The van der Waals surface area contributed by atoms with E-state index in [4.69, 9.17) is 4.74 Å². The molecule has 0 unspecified atom stereocenters. The Hall–Kier alpha value is -1.71. The quantitative estimate of drug-likeness (QED) is 0.616. The van der Waals surface area contributed by atoms with Crippen LogP contribution in [0.25, 0.3) is 0 Å². The Morgan fingerprint density at radius 3 is 2.32 bits per heavy atom. The Balaban J connectivity index is 2.95. The lowest BCUT2D eigenvalue weighted by Gasteiger charge is -2.22. The van der Waals surface area contributed by atoms with Crippen LogP contribution in [0.1, 0.15) is 18.1 Å². The molecule has 0 N–H and O–H groups in total. The van der Waals surface area contributed by atoms with Crippen LogP contribution in [-0.4, -0.2) is 50.6 Å². The van der Waals surface area contributed by atoms with Gasteiger partial charge in [-0.25, -0.2) is 4.99 Å². The van der Waals surface area contributed by atoms with E-state index in [2.05, 4.69) is 30.1 Å². The van der Waals surface area contributed by atoms with E-state index in [1.54, 1.807) is 0 Å². The Kier molecular flexibility index (Phi) is 5.67. The summed E-state index contributed by atoms with van der Waals surface area (Å²) >= 11 is 0. The second-order valence-electron chi connectivity index (χ2n) is 4.95. The average molecular weight is 263 g/mol. The molecule has 0 spiro atoms. The van der Waals surface area contributed by atoms with Gasteiger partial charge in [0.25, 0.3) is 0 Å². The van der Waals surface area contributed by atoms with Crippen molar-refractivity contribution in [1.29, 1.82) is 0 Å². The molecule has 4 heteroatoms. The fourth-order valence-electron chi connectivity index (χ4n) is 1.92. The number of nitrogens with zero attached hydrogens (tertiary/aromatic N) is 3. The van der Waals surface area contributed by atoms with E-state index in [1.807, 2.05) is 44.9 Å². The number of guanidine groups is 1. The molecular formula is C15H25N3O. The second kappa shape index (κ2) is 7.02. The molecule has 1 rings (SSSR count). The summed E-state index contributed by atoms with van der Waals surface area (Å²) in [4.78, 5) is 8.67. The van der Waals surface area contributed by atoms with Gasteiger partial charge >= 0.3 is 0 Å². The van der Waals surface area contributed by atoms with Gasteiger partial charge < -0.3 is 14.5 Å². The van der Waals surface area contributed by atoms with Crippen LogP contribution < -0.4 is 4.74 Å². The van der Waals surface area contributed by atoms with Crippen molar-refractivity contribution >= 4 is 5.96 Å². The Morgan fingerprint density at radius 1 is 1.16 bits per heavy atom. The molecule has 0 aromatic heterocycles. The predicted octanol–water partition coefficient (Wildman–Crippen LogP) is 2.37. The van der Waals surface area contributed by atoms with Crippen molar-refractivity contribution in [2.24, 2.45) is 4.99 Å². The van der Waals surface area contributed by atoms with E-state index in [0.717, 1.165) is 17.3 Å². The number of aliphatic imine (C=N–C) groups is 1. The van der Waals surface area contributed by atoms with E-state index in [9.17, 15) is 0 Å². The van der Waals surface area contributed by atoms with Gasteiger partial charge in [-0.05, 0) is 25.5 Å². The summed E-state index contributed by atoms with van der Waals surface area (Å²) in [5.41, 5.74) is 2.32. The van der Waals surface area contributed by atoms with Gasteiger partial charge in [-0.3, -0.25) is 0 Å². The lowest BCUT2D eigenvalue weighted by Crippen LogP contribution is -2.35. The molecule has 0 aliphatic rings. The molecule has 0 aliphatic carbocycles. The van der Waals surface area contributed by atoms with E-state index < -0.39 is 0 Å². The molecule has 0 fully saturated rings. The van der Waals surface area contributed by atoms with Crippen LogP contribution in [0.2, 0.25) is 0 Å². The van der Waals surface area contributed by atoms with Crippen molar-refractivity contribution in [3.05, 3.63) is 29.3 Å². The molecule has 0 atom stereocenters. The summed E-state index contributed by atoms with van der Waals surface area (Å²) in [5.74, 6) is 1.88. The molecule has 1 aromatic rings. The smallest absolute Gasteiger partial charge is 0.195 e. The fraction of sp³-hybridized carbons (Fsp3) is 0.533. The van der Waals surface area contributed by atoms with Crippen molar-refractivity contribution in [2.45, 2.75) is 20.4 Å². The number of hydrogen-bond acceptors (Lipinski definition) is 2. The summed E-state index contributed by atoms with van der Waals surface area (Å²) in [6, 6.07) is 6.25. The Labute approximate surface area is 116 Å². The Bertz CT molecular complexity index is 429. The largest absolute Gasteiger partial charge is 0.494 e. The van der Waals surface area contributed by atoms with Crippen molar-refractivity contribution in [2.75, 3.05) is 34.8 Å². The van der Waals surface area contributed by atoms with Crippen LogP contribution in [-0.2, 0) is 6.54 Å². The highest BCUT2D eigenvalue weighted by Gasteiger charge is 2.07.